The molecule has 0 aromatic carbocycles. The second-order valence-corrected chi connectivity index (χ2v) is 6.75. The van der Waals surface area contributed by atoms with Crippen molar-refractivity contribution in [2.45, 2.75) is 63.6 Å². The molecule has 1 saturated carbocycles. The molecular weight excluding hydrogens is 224 g/mol. The highest BCUT2D eigenvalue weighted by Crippen LogP contribution is 2.35. The SMILES string of the molecule is CCC1CNC(C2CC2)CN1CC1(C)CCCO1. The Bertz CT molecular complexity index is 284. The highest BCUT2D eigenvalue weighted by atomic mass is 16.5. The monoisotopic (exact) mass is 252 g/mol. The molecule has 3 rings (SSSR count). The molecule has 3 atom stereocenters. The van der Waals surface area contributed by atoms with Gasteiger partial charge in [-0.25, -0.2) is 0 Å². The molecule has 0 aromatic heterocycles. The number of nitrogens with zero attached hydrogens (tertiary/aromatic N) is 1. The van der Waals surface area contributed by atoms with Gasteiger partial charge in [0.2, 0.25) is 0 Å². The minimum Gasteiger partial charge on any atom is -0.374 e. The highest BCUT2D eigenvalue weighted by molar-refractivity contribution is 4.96. The van der Waals surface area contributed by atoms with Gasteiger partial charge in [-0.05, 0) is 44.9 Å². The van der Waals surface area contributed by atoms with Crippen LogP contribution in [0.5, 0.6) is 0 Å². The predicted octanol–water partition coefficient (Wildman–Crippen LogP) is 2.02. The Morgan fingerprint density at radius 3 is 2.83 bits per heavy atom. The summed E-state index contributed by atoms with van der Waals surface area (Å²) in [6, 6.07) is 1.46. The van der Waals surface area contributed by atoms with Crippen LogP contribution in [0.25, 0.3) is 0 Å². The van der Waals surface area contributed by atoms with E-state index in [1.165, 1.54) is 45.2 Å². The van der Waals surface area contributed by atoms with Crippen molar-refractivity contribution in [3.63, 3.8) is 0 Å². The summed E-state index contributed by atoms with van der Waals surface area (Å²) in [4.78, 5) is 2.71. The molecule has 2 saturated heterocycles. The van der Waals surface area contributed by atoms with Gasteiger partial charge in [0.1, 0.15) is 0 Å². The largest absolute Gasteiger partial charge is 0.374 e. The van der Waals surface area contributed by atoms with E-state index < -0.39 is 0 Å². The summed E-state index contributed by atoms with van der Waals surface area (Å²) in [7, 11) is 0. The Kier molecular flexibility index (Phi) is 3.65. The summed E-state index contributed by atoms with van der Waals surface area (Å²) in [5.74, 6) is 0.961. The minimum absolute atomic E-state index is 0.124. The van der Waals surface area contributed by atoms with Crippen LogP contribution >= 0.6 is 0 Å². The van der Waals surface area contributed by atoms with Crippen molar-refractivity contribution in [2.24, 2.45) is 5.92 Å². The summed E-state index contributed by atoms with van der Waals surface area (Å²) in [6.45, 7) is 9.13. The molecule has 1 aliphatic carbocycles. The van der Waals surface area contributed by atoms with Crippen LogP contribution in [0.2, 0.25) is 0 Å². The van der Waals surface area contributed by atoms with Gasteiger partial charge < -0.3 is 10.1 Å². The van der Waals surface area contributed by atoms with Gasteiger partial charge >= 0.3 is 0 Å². The van der Waals surface area contributed by atoms with Crippen molar-refractivity contribution in [1.82, 2.24) is 10.2 Å². The van der Waals surface area contributed by atoms with Crippen LogP contribution in [0.4, 0.5) is 0 Å². The van der Waals surface area contributed by atoms with Crippen molar-refractivity contribution in [1.29, 1.82) is 0 Å². The van der Waals surface area contributed by atoms with Crippen LogP contribution < -0.4 is 5.32 Å². The first-order valence-electron chi connectivity index (χ1n) is 7.81. The van der Waals surface area contributed by atoms with E-state index in [1.807, 2.05) is 0 Å². The lowest BCUT2D eigenvalue weighted by atomic mass is 9.97. The van der Waals surface area contributed by atoms with Gasteiger partial charge in [-0.3, -0.25) is 4.90 Å². The lowest BCUT2D eigenvalue weighted by Crippen LogP contribution is -2.59. The lowest BCUT2D eigenvalue weighted by Gasteiger charge is -2.43. The maximum Gasteiger partial charge on any atom is 0.0781 e. The second-order valence-electron chi connectivity index (χ2n) is 6.75. The van der Waals surface area contributed by atoms with Crippen molar-refractivity contribution < 1.29 is 4.74 Å². The Labute approximate surface area is 111 Å². The average Bonchev–Trinajstić information content (AvgIpc) is 3.13. The topological polar surface area (TPSA) is 24.5 Å². The fraction of sp³-hybridized carbons (Fsp3) is 1.00. The Morgan fingerprint density at radius 1 is 1.39 bits per heavy atom. The molecule has 2 heterocycles. The van der Waals surface area contributed by atoms with E-state index in [9.17, 15) is 0 Å². The van der Waals surface area contributed by atoms with Gasteiger partial charge in [0.05, 0.1) is 5.60 Å². The van der Waals surface area contributed by atoms with E-state index in [4.69, 9.17) is 4.74 Å². The molecule has 1 N–H and O–H groups in total. The molecule has 18 heavy (non-hydrogen) atoms. The zero-order valence-electron chi connectivity index (χ0n) is 12.0. The molecule has 3 aliphatic rings. The van der Waals surface area contributed by atoms with Crippen LogP contribution in [0, 0.1) is 5.92 Å². The normalized spacial score (nSPS) is 42.3. The first-order valence-corrected chi connectivity index (χ1v) is 7.81. The molecule has 3 unspecified atom stereocenters. The van der Waals surface area contributed by atoms with Crippen molar-refractivity contribution in [3.05, 3.63) is 0 Å². The van der Waals surface area contributed by atoms with E-state index in [0.717, 1.165) is 25.1 Å². The molecule has 2 aliphatic heterocycles. The molecule has 3 heteroatoms. The Morgan fingerprint density at radius 2 is 2.22 bits per heavy atom. The number of piperazine rings is 1. The third-order valence-corrected chi connectivity index (χ3v) is 5.06. The van der Waals surface area contributed by atoms with Gasteiger partial charge in [-0.2, -0.15) is 0 Å². The maximum absolute atomic E-state index is 5.99. The first-order chi connectivity index (χ1) is 8.70. The van der Waals surface area contributed by atoms with E-state index in [-0.39, 0.29) is 5.60 Å². The number of hydrogen-bond donors (Lipinski definition) is 1. The smallest absolute Gasteiger partial charge is 0.0781 e. The third-order valence-electron chi connectivity index (χ3n) is 5.06. The second kappa shape index (κ2) is 5.10. The quantitative estimate of drug-likeness (QED) is 0.828. The molecule has 0 amide bonds. The zero-order valence-corrected chi connectivity index (χ0v) is 12.0. The van der Waals surface area contributed by atoms with Crippen molar-refractivity contribution in [3.8, 4) is 0 Å². The lowest BCUT2D eigenvalue weighted by molar-refractivity contribution is -0.0292. The summed E-state index contributed by atoms with van der Waals surface area (Å²) in [5.41, 5.74) is 0.124. The molecule has 104 valence electrons. The van der Waals surface area contributed by atoms with E-state index >= 15 is 0 Å². The van der Waals surface area contributed by atoms with Crippen LogP contribution in [-0.2, 0) is 4.74 Å². The van der Waals surface area contributed by atoms with Gasteiger partial charge in [0.15, 0.2) is 0 Å². The van der Waals surface area contributed by atoms with Crippen LogP contribution in [0.15, 0.2) is 0 Å². The van der Waals surface area contributed by atoms with Crippen molar-refractivity contribution in [2.75, 3.05) is 26.2 Å². The van der Waals surface area contributed by atoms with E-state index in [0.29, 0.717) is 6.04 Å². The van der Waals surface area contributed by atoms with E-state index in [2.05, 4.69) is 24.1 Å². The average molecular weight is 252 g/mol. The fourth-order valence-corrected chi connectivity index (χ4v) is 3.68. The summed E-state index contributed by atoms with van der Waals surface area (Å²) in [5, 5.41) is 3.77. The maximum atomic E-state index is 5.99. The molecule has 3 fully saturated rings. The van der Waals surface area contributed by atoms with Gasteiger partial charge in [-0.1, -0.05) is 6.92 Å². The number of ether oxygens (including phenoxy) is 1. The number of hydrogen-bond acceptors (Lipinski definition) is 3. The standard InChI is InChI=1S/C15H28N2O/c1-3-13-9-16-14(12-5-6-12)10-17(13)11-15(2)7-4-8-18-15/h12-14,16H,3-11H2,1-2H3. The van der Waals surface area contributed by atoms with E-state index in [1.54, 1.807) is 0 Å². The summed E-state index contributed by atoms with van der Waals surface area (Å²) < 4.78 is 5.99. The minimum atomic E-state index is 0.124. The van der Waals surface area contributed by atoms with Gasteiger partial charge in [-0.15, -0.1) is 0 Å². The van der Waals surface area contributed by atoms with Crippen molar-refractivity contribution >= 4 is 0 Å². The first kappa shape index (κ1) is 12.9. The molecule has 0 radical (unpaired) electrons. The molecule has 0 aromatic rings. The summed E-state index contributed by atoms with van der Waals surface area (Å²) in [6.07, 6.45) is 6.61. The molecule has 0 spiro atoms. The molecular formula is C15H28N2O. The van der Waals surface area contributed by atoms with Gasteiger partial charge in [0, 0.05) is 38.3 Å². The van der Waals surface area contributed by atoms with Crippen LogP contribution in [-0.4, -0.2) is 48.8 Å². The molecule has 3 nitrogen and oxygen atoms in total. The Hall–Kier alpha value is -0.120. The highest BCUT2D eigenvalue weighted by Gasteiger charge is 2.40. The zero-order chi connectivity index (χ0) is 12.6. The fourth-order valence-electron chi connectivity index (χ4n) is 3.68. The predicted molar refractivity (Wildman–Crippen MR) is 73.8 cm³/mol. The van der Waals surface area contributed by atoms with Gasteiger partial charge in [0.25, 0.3) is 0 Å². The number of rotatable bonds is 4. The summed E-state index contributed by atoms with van der Waals surface area (Å²) >= 11 is 0. The Balaban J connectivity index is 1.62. The van der Waals surface area contributed by atoms with Crippen LogP contribution in [0.3, 0.4) is 0 Å². The third kappa shape index (κ3) is 2.73. The molecule has 0 bridgehead atoms. The van der Waals surface area contributed by atoms with Crippen LogP contribution in [0.1, 0.15) is 46.0 Å². The number of nitrogens with one attached hydrogen (secondary N) is 1.